The minimum absolute atomic E-state index is 0.0952. The zero-order chi connectivity index (χ0) is 21.8. The Morgan fingerprint density at radius 3 is 2.20 bits per heavy atom. The number of hydrogen-bond donors (Lipinski definition) is 1. The summed E-state index contributed by atoms with van der Waals surface area (Å²) in [5.74, 6) is -1.41. The summed E-state index contributed by atoms with van der Waals surface area (Å²) < 4.78 is 1.66. The lowest BCUT2D eigenvalue weighted by Crippen LogP contribution is -2.31. The Hall–Kier alpha value is -3.74. The highest BCUT2D eigenvalue weighted by molar-refractivity contribution is 6.43. The molecule has 7 nitrogen and oxygen atoms in total. The molecule has 2 amide bonds. The first kappa shape index (κ1) is 21.0. The number of aryl methyl sites for hydroxylation is 1. The first-order valence-corrected chi connectivity index (χ1v) is 9.54. The minimum atomic E-state index is -0.692. The molecule has 30 heavy (non-hydrogen) atoms. The number of rotatable bonds is 6. The summed E-state index contributed by atoms with van der Waals surface area (Å²) in [4.78, 5) is 38.7. The highest BCUT2D eigenvalue weighted by Gasteiger charge is 2.24. The third kappa shape index (κ3) is 4.30. The Labute approximate surface area is 175 Å². The number of para-hydroxylation sites is 1. The van der Waals surface area contributed by atoms with Gasteiger partial charge in [-0.1, -0.05) is 30.3 Å². The van der Waals surface area contributed by atoms with Crippen molar-refractivity contribution in [3.8, 4) is 5.69 Å². The van der Waals surface area contributed by atoms with Crippen molar-refractivity contribution in [2.24, 2.45) is 0 Å². The summed E-state index contributed by atoms with van der Waals surface area (Å²) in [6.07, 6.45) is 0. The molecule has 0 unspecified atom stereocenters. The van der Waals surface area contributed by atoms with Crippen LogP contribution in [0.4, 0.5) is 0 Å². The molecule has 0 aliphatic carbocycles. The van der Waals surface area contributed by atoms with Crippen LogP contribution in [0.25, 0.3) is 5.69 Å². The van der Waals surface area contributed by atoms with Crippen LogP contribution in [0.15, 0.2) is 54.6 Å². The third-order valence-electron chi connectivity index (χ3n) is 4.79. The normalized spacial score (nSPS) is 10.5. The van der Waals surface area contributed by atoms with Crippen LogP contribution in [0.1, 0.15) is 37.7 Å². The van der Waals surface area contributed by atoms with Crippen molar-refractivity contribution >= 4 is 17.6 Å². The first-order chi connectivity index (χ1) is 14.3. The Morgan fingerprint density at radius 2 is 1.60 bits per heavy atom. The van der Waals surface area contributed by atoms with Crippen LogP contribution in [-0.2, 0) is 11.3 Å². The fraction of sp³-hybridized carbons (Fsp3) is 0.217. The van der Waals surface area contributed by atoms with Crippen LogP contribution in [-0.4, -0.2) is 46.4 Å². The van der Waals surface area contributed by atoms with Gasteiger partial charge in [-0.2, -0.15) is 5.10 Å². The highest BCUT2D eigenvalue weighted by atomic mass is 16.2. The Balaban J connectivity index is 1.70. The maximum atomic E-state index is 12.8. The van der Waals surface area contributed by atoms with Crippen molar-refractivity contribution in [3.63, 3.8) is 0 Å². The molecule has 7 heteroatoms. The second-order valence-electron chi connectivity index (χ2n) is 7.20. The molecular formula is C23H24N4O3. The van der Waals surface area contributed by atoms with Gasteiger partial charge in [-0.3, -0.25) is 14.4 Å². The number of ketones is 1. The lowest BCUT2D eigenvalue weighted by molar-refractivity contribution is -0.117. The molecule has 1 aromatic heterocycles. The fourth-order valence-electron chi connectivity index (χ4n) is 3.19. The summed E-state index contributed by atoms with van der Waals surface area (Å²) in [7, 11) is 3.37. The number of hydrogen-bond acceptors (Lipinski definition) is 4. The summed E-state index contributed by atoms with van der Waals surface area (Å²) in [5, 5.41) is 7.07. The molecule has 0 aliphatic rings. The minimum Gasteiger partial charge on any atom is -0.345 e. The van der Waals surface area contributed by atoms with Crippen LogP contribution in [0.3, 0.4) is 0 Å². The van der Waals surface area contributed by atoms with E-state index in [1.54, 1.807) is 56.9 Å². The molecule has 1 N–H and O–H groups in total. The molecule has 0 radical (unpaired) electrons. The summed E-state index contributed by atoms with van der Waals surface area (Å²) in [6.45, 7) is 3.67. The van der Waals surface area contributed by atoms with Crippen LogP contribution < -0.4 is 5.32 Å². The number of amides is 2. The smallest absolute Gasteiger partial charge is 0.292 e. The third-order valence-corrected chi connectivity index (χ3v) is 4.79. The van der Waals surface area contributed by atoms with E-state index in [-0.39, 0.29) is 12.5 Å². The molecule has 3 aromatic rings. The Bertz CT molecular complexity index is 1080. The predicted molar refractivity (Wildman–Crippen MR) is 114 cm³/mol. The van der Waals surface area contributed by atoms with Gasteiger partial charge in [0.25, 0.3) is 17.6 Å². The van der Waals surface area contributed by atoms with Crippen molar-refractivity contribution in [1.29, 1.82) is 0 Å². The molecule has 0 spiro atoms. The molecule has 0 saturated carbocycles. The van der Waals surface area contributed by atoms with Gasteiger partial charge in [0.15, 0.2) is 0 Å². The monoisotopic (exact) mass is 404 g/mol. The van der Waals surface area contributed by atoms with Gasteiger partial charge in [0.2, 0.25) is 0 Å². The van der Waals surface area contributed by atoms with Crippen molar-refractivity contribution < 1.29 is 14.4 Å². The van der Waals surface area contributed by atoms with E-state index in [4.69, 9.17) is 0 Å². The maximum absolute atomic E-state index is 12.8. The van der Waals surface area contributed by atoms with Gasteiger partial charge in [-0.15, -0.1) is 0 Å². The summed E-state index contributed by atoms with van der Waals surface area (Å²) >= 11 is 0. The summed E-state index contributed by atoms with van der Waals surface area (Å²) in [6, 6.07) is 16.4. The van der Waals surface area contributed by atoms with Crippen molar-refractivity contribution in [2.45, 2.75) is 20.4 Å². The van der Waals surface area contributed by atoms with Crippen molar-refractivity contribution in [1.82, 2.24) is 20.0 Å². The van der Waals surface area contributed by atoms with E-state index in [0.717, 1.165) is 11.3 Å². The molecule has 2 aromatic carbocycles. The van der Waals surface area contributed by atoms with Crippen LogP contribution in [0, 0.1) is 13.8 Å². The van der Waals surface area contributed by atoms with Crippen molar-refractivity contribution in [2.75, 3.05) is 14.1 Å². The Morgan fingerprint density at radius 1 is 0.967 bits per heavy atom. The molecule has 3 rings (SSSR count). The molecule has 154 valence electrons. The molecule has 0 bridgehead atoms. The number of nitrogens with one attached hydrogen (secondary N) is 1. The second kappa shape index (κ2) is 8.73. The molecule has 0 fully saturated rings. The topological polar surface area (TPSA) is 84.3 Å². The van der Waals surface area contributed by atoms with E-state index >= 15 is 0 Å². The quantitative estimate of drug-likeness (QED) is 0.506. The van der Waals surface area contributed by atoms with Gasteiger partial charge < -0.3 is 10.2 Å². The number of carbonyl (C=O) groups is 3. The number of carbonyl (C=O) groups excluding carboxylic acids is 3. The number of aromatic nitrogens is 2. The largest absolute Gasteiger partial charge is 0.345 e. The maximum Gasteiger partial charge on any atom is 0.292 e. The van der Waals surface area contributed by atoms with E-state index in [1.165, 1.54) is 4.90 Å². The number of Topliss-reactive ketones (excluding diaryl/α,β-unsaturated/α-hetero) is 1. The van der Waals surface area contributed by atoms with E-state index < -0.39 is 11.7 Å². The molecule has 1 heterocycles. The molecule has 0 saturated heterocycles. The van der Waals surface area contributed by atoms with E-state index in [1.807, 2.05) is 30.3 Å². The van der Waals surface area contributed by atoms with Crippen LogP contribution in [0.5, 0.6) is 0 Å². The SMILES string of the molecule is Cc1nn(-c2ccccc2)c(C)c1C(=O)C(=O)NCc1ccc(C(=O)N(C)C)cc1. The van der Waals surface area contributed by atoms with Gasteiger partial charge in [-0.25, -0.2) is 4.68 Å². The predicted octanol–water partition coefficient (Wildman–Crippen LogP) is 2.69. The zero-order valence-corrected chi connectivity index (χ0v) is 17.5. The van der Waals surface area contributed by atoms with Gasteiger partial charge in [0, 0.05) is 26.2 Å². The molecule has 0 aliphatic heterocycles. The highest BCUT2D eigenvalue weighted by Crippen LogP contribution is 2.18. The van der Waals surface area contributed by atoms with E-state index in [2.05, 4.69) is 10.4 Å². The molecule has 0 atom stereocenters. The average molecular weight is 404 g/mol. The van der Waals surface area contributed by atoms with Crippen LogP contribution in [0.2, 0.25) is 0 Å². The van der Waals surface area contributed by atoms with Crippen molar-refractivity contribution in [3.05, 3.63) is 82.7 Å². The van der Waals surface area contributed by atoms with E-state index in [0.29, 0.717) is 22.5 Å². The van der Waals surface area contributed by atoms with Gasteiger partial charge in [-0.05, 0) is 43.7 Å². The standard InChI is InChI=1S/C23H24N4O3/c1-15-20(16(2)27(25-15)19-8-6-5-7-9-19)21(28)22(29)24-14-17-10-12-18(13-11-17)23(30)26(3)4/h5-13H,14H2,1-4H3,(H,24,29). The molecular weight excluding hydrogens is 380 g/mol. The fourth-order valence-corrected chi connectivity index (χ4v) is 3.19. The van der Waals surface area contributed by atoms with Gasteiger partial charge in [0.05, 0.1) is 22.6 Å². The first-order valence-electron chi connectivity index (χ1n) is 9.54. The second-order valence-corrected chi connectivity index (χ2v) is 7.20. The Kier molecular flexibility index (Phi) is 6.11. The van der Waals surface area contributed by atoms with Crippen LogP contribution >= 0.6 is 0 Å². The average Bonchev–Trinajstić information content (AvgIpc) is 3.05. The van der Waals surface area contributed by atoms with Gasteiger partial charge in [0.1, 0.15) is 0 Å². The number of benzene rings is 2. The number of nitrogens with zero attached hydrogens (tertiary/aromatic N) is 3. The lowest BCUT2D eigenvalue weighted by Gasteiger charge is -2.11. The van der Waals surface area contributed by atoms with Gasteiger partial charge >= 0.3 is 0 Å². The zero-order valence-electron chi connectivity index (χ0n) is 17.5. The summed E-state index contributed by atoms with van der Waals surface area (Å²) in [5.41, 5.74) is 3.60. The van der Waals surface area contributed by atoms with E-state index in [9.17, 15) is 14.4 Å². The lowest BCUT2D eigenvalue weighted by atomic mass is 10.1.